The Morgan fingerprint density at radius 3 is 2.52 bits per heavy atom. The largest absolute Gasteiger partial charge is 0.334 e. The van der Waals surface area contributed by atoms with Crippen LogP contribution in [0.3, 0.4) is 0 Å². The van der Waals surface area contributed by atoms with E-state index in [4.69, 9.17) is 0 Å². The van der Waals surface area contributed by atoms with Crippen molar-refractivity contribution in [3.05, 3.63) is 65.5 Å². The predicted octanol–water partition coefficient (Wildman–Crippen LogP) is 3.87. The number of hydrogen-bond acceptors (Lipinski definition) is 1. The van der Waals surface area contributed by atoms with Gasteiger partial charge in [0.05, 0.1) is 0 Å². The summed E-state index contributed by atoms with van der Waals surface area (Å²) in [6.07, 6.45) is 0. The van der Waals surface area contributed by atoms with Gasteiger partial charge in [0.1, 0.15) is 5.82 Å². The first-order valence-electron chi connectivity index (χ1n) is 6.96. The normalized spacial score (nSPS) is 10.2. The van der Waals surface area contributed by atoms with Crippen molar-refractivity contribution < 1.29 is 9.18 Å². The summed E-state index contributed by atoms with van der Waals surface area (Å²) in [5, 5.41) is 2.85. The van der Waals surface area contributed by atoms with E-state index in [1.165, 1.54) is 12.1 Å². The molecule has 0 aliphatic heterocycles. The molecule has 0 unspecified atom stereocenters. The minimum atomic E-state index is -0.278. The second kappa shape index (κ2) is 6.88. The maximum atomic E-state index is 12.8. The van der Waals surface area contributed by atoms with E-state index < -0.39 is 0 Å². The van der Waals surface area contributed by atoms with Crippen LogP contribution >= 0.6 is 0 Å². The summed E-state index contributed by atoms with van der Waals surface area (Å²) in [5.41, 5.74) is 2.84. The van der Waals surface area contributed by atoms with Gasteiger partial charge in [0.15, 0.2) is 0 Å². The number of amides is 2. The first-order chi connectivity index (χ1) is 10.1. The van der Waals surface area contributed by atoms with Gasteiger partial charge in [-0.15, -0.1) is 0 Å². The van der Waals surface area contributed by atoms with E-state index in [-0.39, 0.29) is 11.8 Å². The molecule has 0 saturated heterocycles. The SMILES string of the molecule is CCN(C(=O)NCc1ccc(F)cc1)c1cccc(C)c1. The lowest BCUT2D eigenvalue weighted by atomic mass is 10.2. The van der Waals surface area contributed by atoms with Crippen molar-refractivity contribution >= 4 is 11.7 Å². The van der Waals surface area contributed by atoms with Crippen LogP contribution < -0.4 is 10.2 Å². The Labute approximate surface area is 124 Å². The highest BCUT2D eigenvalue weighted by Gasteiger charge is 2.13. The van der Waals surface area contributed by atoms with E-state index in [0.717, 1.165) is 16.8 Å². The average Bonchev–Trinajstić information content (AvgIpc) is 2.47. The highest BCUT2D eigenvalue weighted by atomic mass is 19.1. The summed E-state index contributed by atoms with van der Waals surface area (Å²) < 4.78 is 12.8. The summed E-state index contributed by atoms with van der Waals surface area (Å²) in [7, 11) is 0. The zero-order chi connectivity index (χ0) is 15.2. The van der Waals surface area contributed by atoms with Crippen molar-refractivity contribution in [3.63, 3.8) is 0 Å². The lowest BCUT2D eigenvalue weighted by molar-refractivity contribution is 0.246. The number of nitrogens with one attached hydrogen (secondary N) is 1. The monoisotopic (exact) mass is 286 g/mol. The van der Waals surface area contributed by atoms with E-state index in [0.29, 0.717) is 13.1 Å². The molecule has 0 atom stereocenters. The van der Waals surface area contributed by atoms with Crippen LogP contribution in [0.25, 0.3) is 0 Å². The Hall–Kier alpha value is -2.36. The van der Waals surface area contributed by atoms with Crippen molar-refractivity contribution in [2.75, 3.05) is 11.4 Å². The first-order valence-corrected chi connectivity index (χ1v) is 6.96. The van der Waals surface area contributed by atoms with Gasteiger partial charge in [0.25, 0.3) is 0 Å². The van der Waals surface area contributed by atoms with E-state index in [1.807, 2.05) is 38.1 Å². The van der Waals surface area contributed by atoms with Gasteiger partial charge in [0, 0.05) is 18.8 Å². The molecule has 0 radical (unpaired) electrons. The number of anilines is 1. The number of benzene rings is 2. The van der Waals surface area contributed by atoms with Gasteiger partial charge in [-0.1, -0.05) is 24.3 Å². The molecule has 2 aromatic rings. The molecular formula is C17H19FN2O. The molecule has 0 spiro atoms. The number of aryl methyl sites for hydroxylation is 1. The Bertz CT molecular complexity index is 610. The zero-order valence-electron chi connectivity index (χ0n) is 12.3. The molecular weight excluding hydrogens is 267 g/mol. The smallest absolute Gasteiger partial charge is 0.322 e. The molecule has 110 valence electrons. The van der Waals surface area contributed by atoms with Crippen molar-refractivity contribution in [2.45, 2.75) is 20.4 Å². The minimum absolute atomic E-state index is 0.160. The van der Waals surface area contributed by atoms with Crippen molar-refractivity contribution in [3.8, 4) is 0 Å². The molecule has 2 rings (SSSR count). The number of hydrogen-bond donors (Lipinski definition) is 1. The van der Waals surface area contributed by atoms with Gasteiger partial charge in [-0.2, -0.15) is 0 Å². The Kier molecular flexibility index (Phi) is 4.93. The Balaban J connectivity index is 2.02. The van der Waals surface area contributed by atoms with E-state index in [2.05, 4.69) is 5.32 Å². The second-order valence-corrected chi connectivity index (χ2v) is 4.87. The lowest BCUT2D eigenvalue weighted by Gasteiger charge is -2.22. The molecule has 0 fully saturated rings. The van der Waals surface area contributed by atoms with E-state index in [9.17, 15) is 9.18 Å². The summed E-state index contributed by atoms with van der Waals surface area (Å²) >= 11 is 0. The third kappa shape index (κ3) is 4.05. The quantitative estimate of drug-likeness (QED) is 0.909. The fourth-order valence-electron chi connectivity index (χ4n) is 2.11. The molecule has 0 heterocycles. The number of carbonyl (C=O) groups is 1. The molecule has 2 aromatic carbocycles. The fourth-order valence-corrected chi connectivity index (χ4v) is 2.11. The molecule has 0 aromatic heterocycles. The maximum Gasteiger partial charge on any atom is 0.322 e. The van der Waals surface area contributed by atoms with Gasteiger partial charge < -0.3 is 5.32 Å². The number of carbonyl (C=O) groups excluding carboxylic acids is 1. The molecule has 4 heteroatoms. The van der Waals surface area contributed by atoms with Crippen LogP contribution in [0.1, 0.15) is 18.1 Å². The third-order valence-corrected chi connectivity index (χ3v) is 3.23. The van der Waals surface area contributed by atoms with Gasteiger partial charge in [0.2, 0.25) is 0 Å². The molecule has 0 saturated carbocycles. The lowest BCUT2D eigenvalue weighted by Crippen LogP contribution is -2.39. The number of halogens is 1. The Morgan fingerprint density at radius 2 is 1.90 bits per heavy atom. The van der Waals surface area contributed by atoms with Gasteiger partial charge in [-0.3, -0.25) is 4.90 Å². The van der Waals surface area contributed by atoms with E-state index in [1.54, 1.807) is 17.0 Å². The maximum absolute atomic E-state index is 12.8. The van der Waals surface area contributed by atoms with Crippen molar-refractivity contribution in [1.29, 1.82) is 0 Å². The van der Waals surface area contributed by atoms with Crippen molar-refractivity contribution in [1.82, 2.24) is 5.32 Å². The summed E-state index contributed by atoms with van der Waals surface area (Å²) in [6, 6.07) is 13.8. The molecule has 0 bridgehead atoms. The summed E-state index contributed by atoms with van der Waals surface area (Å²) in [4.78, 5) is 13.9. The molecule has 21 heavy (non-hydrogen) atoms. The van der Waals surface area contributed by atoms with Crippen LogP contribution in [0, 0.1) is 12.7 Å². The first kappa shape index (κ1) is 15.0. The topological polar surface area (TPSA) is 32.3 Å². The van der Waals surface area contributed by atoms with Crippen molar-refractivity contribution in [2.24, 2.45) is 0 Å². The number of nitrogens with zero attached hydrogens (tertiary/aromatic N) is 1. The predicted molar refractivity (Wildman–Crippen MR) is 82.8 cm³/mol. The van der Waals surface area contributed by atoms with Crippen LogP contribution in [-0.2, 0) is 6.54 Å². The molecule has 0 aliphatic rings. The zero-order valence-corrected chi connectivity index (χ0v) is 12.3. The number of urea groups is 1. The second-order valence-electron chi connectivity index (χ2n) is 4.87. The van der Waals surface area contributed by atoms with Gasteiger partial charge in [-0.05, 0) is 49.2 Å². The highest BCUT2D eigenvalue weighted by Crippen LogP contribution is 2.16. The van der Waals surface area contributed by atoms with Crippen LogP contribution in [0.5, 0.6) is 0 Å². The molecule has 3 nitrogen and oxygen atoms in total. The van der Waals surface area contributed by atoms with Crippen LogP contribution in [0.4, 0.5) is 14.9 Å². The minimum Gasteiger partial charge on any atom is -0.334 e. The Morgan fingerprint density at radius 1 is 1.19 bits per heavy atom. The molecule has 2 amide bonds. The van der Waals surface area contributed by atoms with Crippen LogP contribution in [0.2, 0.25) is 0 Å². The van der Waals surface area contributed by atoms with Crippen LogP contribution in [-0.4, -0.2) is 12.6 Å². The van der Waals surface area contributed by atoms with Crippen LogP contribution in [0.15, 0.2) is 48.5 Å². The molecule has 0 aliphatic carbocycles. The van der Waals surface area contributed by atoms with E-state index >= 15 is 0 Å². The summed E-state index contributed by atoms with van der Waals surface area (Å²) in [6.45, 7) is 4.88. The summed E-state index contributed by atoms with van der Waals surface area (Å²) in [5.74, 6) is -0.278. The fraction of sp³-hybridized carbons (Fsp3) is 0.235. The number of rotatable bonds is 4. The highest BCUT2D eigenvalue weighted by molar-refractivity contribution is 5.91. The van der Waals surface area contributed by atoms with Gasteiger partial charge >= 0.3 is 6.03 Å². The van der Waals surface area contributed by atoms with Gasteiger partial charge in [-0.25, -0.2) is 9.18 Å². The third-order valence-electron chi connectivity index (χ3n) is 3.23. The average molecular weight is 286 g/mol. The standard InChI is InChI=1S/C17H19FN2O/c1-3-20(16-6-4-5-13(2)11-16)17(21)19-12-14-7-9-15(18)10-8-14/h4-11H,3,12H2,1-2H3,(H,19,21). The molecule has 1 N–H and O–H groups in total.